The molecule has 0 aromatic rings. The summed E-state index contributed by atoms with van der Waals surface area (Å²) in [6.07, 6.45) is 51.4. The standard InChI is InChI=1S/3C9H18.2C8H16.C7H14.5C7H16/c1-8-4-6-9(2,3)7-5-8;1-8-6-4-5-7-9(8,2)3;1-7-5-4-6-8(2)9(7)3;1-7-5-3-4-6-8(7)2;1-7(2)8-5-3-4-6-8;1-6(2)7-4-3-5-7;1-5-6-7(2,3)4;2*1-4-5-6-7(2)3;1-4-6-7(3)5-2;1-4-7(5-2)6-3/h2*8H,4-7H2,1-3H3;7-9H,4-6H2,1-3H3;2*7-8H,3-6H2,1-2H3;6-7H,3-5H2,1-2H3;5-6H2,1-4H3;4*7H,4-6H2,1-3H3. The van der Waals surface area contributed by atoms with Gasteiger partial charge in [-0.1, -0.05) is 420 Å². The van der Waals surface area contributed by atoms with E-state index in [0.717, 1.165) is 88.8 Å². The highest BCUT2D eigenvalue weighted by Crippen LogP contribution is 2.40. The van der Waals surface area contributed by atoms with E-state index in [1.165, 1.54) is 231 Å². The van der Waals surface area contributed by atoms with Crippen LogP contribution in [0.15, 0.2) is 0 Å². The molecule has 0 heteroatoms. The van der Waals surface area contributed by atoms with Gasteiger partial charge in [0, 0.05) is 0 Å². The molecule has 6 aliphatic rings. The van der Waals surface area contributed by atoms with Gasteiger partial charge in [-0.15, -0.1) is 0 Å². The van der Waals surface area contributed by atoms with Gasteiger partial charge in [0.1, 0.15) is 0 Å². The zero-order valence-corrected chi connectivity index (χ0v) is 66.6. The topological polar surface area (TPSA) is 0 Å². The molecule has 85 heavy (non-hydrogen) atoms. The molecule has 6 saturated carbocycles. The van der Waals surface area contributed by atoms with Crippen molar-refractivity contribution in [3.8, 4) is 0 Å². The second kappa shape index (κ2) is 59.0. The largest absolute Gasteiger partial charge is 0.0654 e. The summed E-state index contributed by atoms with van der Waals surface area (Å²) in [5, 5.41) is 0. The smallest absolute Gasteiger partial charge is 0.0329 e. The maximum absolute atomic E-state index is 2.40. The molecule has 0 N–H and O–H groups in total. The minimum absolute atomic E-state index is 0.550. The van der Waals surface area contributed by atoms with Crippen LogP contribution in [-0.4, -0.2) is 0 Å². The number of unbranched alkanes of at least 4 members (excludes halogenated alkanes) is 2. The molecule has 0 heterocycles. The van der Waals surface area contributed by atoms with E-state index in [4.69, 9.17) is 0 Å². The number of hydrogen-bond acceptors (Lipinski definition) is 0. The molecular formula is C85H180. The molecule has 0 aliphatic heterocycles. The van der Waals surface area contributed by atoms with Crippen molar-refractivity contribution >= 4 is 0 Å². The van der Waals surface area contributed by atoms with Crippen molar-refractivity contribution in [3.05, 3.63) is 0 Å². The van der Waals surface area contributed by atoms with Crippen LogP contribution < -0.4 is 0 Å². The first-order valence-electron chi connectivity index (χ1n) is 39.6. The van der Waals surface area contributed by atoms with Gasteiger partial charge in [0.05, 0.1) is 0 Å². The highest BCUT2D eigenvalue weighted by molar-refractivity contribution is 4.80. The molecule has 0 bridgehead atoms. The van der Waals surface area contributed by atoms with Crippen molar-refractivity contribution in [2.24, 2.45) is 105 Å². The van der Waals surface area contributed by atoms with Crippen LogP contribution in [0.2, 0.25) is 0 Å². The van der Waals surface area contributed by atoms with Crippen LogP contribution in [-0.2, 0) is 0 Å². The Hall–Kier alpha value is 0. The zero-order valence-electron chi connectivity index (χ0n) is 66.6. The first kappa shape index (κ1) is 93.7. The lowest BCUT2D eigenvalue weighted by atomic mass is 9.70. The Morgan fingerprint density at radius 1 is 0.376 bits per heavy atom. The van der Waals surface area contributed by atoms with Gasteiger partial charge in [0.25, 0.3) is 0 Å². The number of rotatable bonds is 15. The van der Waals surface area contributed by atoms with E-state index >= 15 is 0 Å². The molecule has 6 unspecified atom stereocenters. The molecule has 6 fully saturated rings. The summed E-state index contributed by atoms with van der Waals surface area (Å²) < 4.78 is 0. The van der Waals surface area contributed by atoms with Crippen molar-refractivity contribution in [2.75, 3.05) is 0 Å². The second-order valence-electron chi connectivity index (χ2n) is 34.5. The fourth-order valence-electron chi connectivity index (χ4n) is 12.8. The van der Waals surface area contributed by atoms with Gasteiger partial charge >= 0.3 is 0 Å². The molecule has 0 aromatic carbocycles. The molecule has 520 valence electrons. The van der Waals surface area contributed by atoms with Gasteiger partial charge in [0.15, 0.2) is 0 Å². The highest BCUT2D eigenvalue weighted by Gasteiger charge is 2.28. The first-order chi connectivity index (χ1) is 39.6. The van der Waals surface area contributed by atoms with Gasteiger partial charge in [-0.3, -0.25) is 0 Å². The third-order valence-electron chi connectivity index (χ3n) is 22.2. The van der Waals surface area contributed by atoms with E-state index in [1.54, 1.807) is 0 Å². The normalized spacial score (nSPS) is 23.9. The van der Waals surface area contributed by atoms with E-state index in [-0.39, 0.29) is 0 Å². The molecule has 0 amide bonds. The van der Waals surface area contributed by atoms with E-state index in [2.05, 4.69) is 215 Å². The van der Waals surface area contributed by atoms with Crippen LogP contribution in [0.25, 0.3) is 0 Å². The Kier molecular flexibility index (Phi) is 65.1. The second-order valence-corrected chi connectivity index (χ2v) is 34.5. The average molecular weight is 1200 g/mol. The van der Waals surface area contributed by atoms with Crippen molar-refractivity contribution in [3.63, 3.8) is 0 Å². The molecule has 6 rings (SSSR count). The van der Waals surface area contributed by atoms with Crippen molar-refractivity contribution in [2.45, 2.75) is 446 Å². The lowest BCUT2D eigenvalue weighted by Crippen LogP contribution is -2.24. The van der Waals surface area contributed by atoms with Crippen LogP contribution in [0.4, 0.5) is 0 Å². The van der Waals surface area contributed by atoms with Crippen LogP contribution in [0.5, 0.6) is 0 Å². The van der Waals surface area contributed by atoms with Crippen molar-refractivity contribution in [1.29, 1.82) is 0 Å². The minimum Gasteiger partial charge on any atom is -0.0654 e. The molecule has 6 atom stereocenters. The lowest BCUT2D eigenvalue weighted by molar-refractivity contribution is 0.154. The monoisotopic (exact) mass is 1200 g/mol. The SMILES string of the molecule is CC(C)C1CCC1.CC(C)C1CCCC1.CC1CCC(C)(C)CC1.CC1CCCC(C)C1C.CC1CCCCC1(C)C.CC1CCCCC1C.CCC(CC)CC.CCCC(C)(C)C.CCCC(C)CC.CCCCC(C)C.CCCCC(C)C. The lowest BCUT2D eigenvalue weighted by Gasteiger charge is -2.36. The third kappa shape index (κ3) is 62.6. The predicted molar refractivity (Wildman–Crippen MR) is 402 cm³/mol. The third-order valence-corrected chi connectivity index (χ3v) is 22.2. The Labute approximate surface area is 547 Å². The van der Waals surface area contributed by atoms with Gasteiger partial charge in [-0.05, 0) is 131 Å². The Morgan fingerprint density at radius 3 is 0.918 bits per heavy atom. The predicted octanol–water partition coefficient (Wildman–Crippen LogP) is 31.8. The Balaban J connectivity index is -0.000000277. The Bertz CT molecular complexity index is 1220. The first-order valence-corrected chi connectivity index (χ1v) is 39.6. The summed E-state index contributed by atoms with van der Waals surface area (Å²) >= 11 is 0. The van der Waals surface area contributed by atoms with E-state index < -0.39 is 0 Å². The fraction of sp³-hybridized carbons (Fsp3) is 1.00. The van der Waals surface area contributed by atoms with Crippen LogP contribution in [0.1, 0.15) is 446 Å². The summed E-state index contributed by atoms with van der Waals surface area (Å²) in [6, 6.07) is 0. The van der Waals surface area contributed by atoms with E-state index in [1.807, 2.05) is 0 Å². The number of hydrogen-bond donors (Lipinski definition) is 0. The fourth-order valence-corrected chi connectivity index (χ4v) is 12.8. The molecule has 0 saturated heterocycles. The molecule has 0 radical (unpaired) electrons. The van der Waals surface area contributed by atoms with Crippen LogP contribution in [0.3, 0.4) is 0 Å². The summed E-state index contributed by atoms with van der Waals surface area (Å²) in [6.45, 7) is 71.8. The van der Waals surface area contributed by atoms with Gasteiger partial charge in [-0.2, -0.15) is 0 Å². The maximum atomic E-state index is 2.40. The summed E-state index contributed by atoms with van der Waals surface area (Å²) in [5.41, 5.74) is 1.85. The molecule has 0 aromatic heterocycles. The quantitative estimate of drug-likeness (QED) is 0.153. The molecule has 0 spiro atoms. The van der Waals surface area contributed by atoms with Gasteiger partial charge < -0.3 is 0 Å². The summed E-state index contributed by atoms with van der Waals surface area (Å²) in [7, 11) is 0. The average Bonchev–Trinajstić information content (AvgIpc) is 4.07. The zero-order chi connectivity index (χ0) is 66.6. The minimum atomic E-state index is 0.550. The van der Waals surface area contributed by atoms with E-state index in [9.17, 15) is 0 Å². The van der Waals surface area contributed by atoms with Gasteiger partial charge in [-0.25, -0.2) is 0 Å². The van der Waals surface area contributed by atoms with E-state index in [0.29, 0.717) is 16.2 Å². The summed E-state index contributed by atoms with van der Waals surface area (Å²) in [4.78, 5) is 0. The van der Waals surface area contributed by atoms with Gasteiger partial charge in [0.2, 0.25) is 0 Å². The van der Waals surface area contributed by atoms with Crippen molar-refractivity contribution < 1.29 is 0 Å². The van der Waals surface area contributed by atoms with Crippen LogP contribution >= 0.6 is 0 Å². The highest BCUT2D eigenvalue weighted by atomic mass is 14.3. The van der Waals surface area contributed by atoms with Crippen LogP contribution in [0, 0.1) is 105 Å². The summed E-state index contributed by atoms with van der Waals surface area (Å²) in [5.74, 6) is 14.7. The Morgan fingerprint density at radius 2 is 0.741 bits per heavy atom. The van der Waals surface area contributed by atoms with Crippen molar-refractivity contribution in [1.82, 2.24) is 0 Å². The molecule has 0 nitrogen and oxygen atoms in total. The maximum Gasteiger partial charge on any atom is -0.0329 e. The molecular weight excluding hydrogens is 1020 g/mol. The molecule has 6 aliphatic carbocycles.